The Balaban J connectivity index is 3.09. The molecular weight excluding hydrogens is 208 g/mol. The Morgan fingerprint density at radius 1 is 1.45 bits per heavy atom. The molecule has 0 aromatic heterocycles. The van der Waals surface area contributed by atoms with Crippen molar-refractivity contribution in [2.75, 3.05) is 18.4 Å². The average molecular weight is 223 g/mol. The van der Waals surface area contributed by atoms with E-state index in [1.54, 1.807) is 0 Å². The Bertz CT molecular complexity index is 109. The predicted octanol–water partition coefficient (Wildman–Crippen LogP) is 0.626. The van der Waals surface area contributed by atoms with Crippen molar-refractivity contribution in [3.05, 3.63) is 0 Å². The first-order valence-corrected chi connectivity index (χ1v) is 4.96. The maximum atomic E-state index is 10.9. The Labute approximate surface area is 75.8 Å². The zero-order chi connectivity index (χ0) is 8.53. The van der Waals surface area contributed by atoms with Gasteiger partial charge in [0.1, 0.15) is 0 Å². The summed E-state index contributed by atoms with van der Waals surface area (Å²) >= 11 is 3.30. The molecule has 0 aliphatic carbocycles. The van der Waals surface area contributed by atoms with Gasteiger partial charge in [-0.15, -0.1) is 0 Å². The standard InChI is InChI=1S/C7H15BrN2O/c8-4-2-1-3-7(11)10-6-5-9/h1-6,9H2,(H,10,11). The zero-order valence-corrected chi connectivity index (χ0v) is 8.19. The fraction of sp³-hybridized carbons (Fsp3) is 0.857. The molecule has 66 valence electrons. The molecule has 0 spiro atoms. The third-order valence-corrected chi connectivity index (χ3v) is 1.81. The second kappa shape index (κ2) is 8.01. The van der Waals surface area contributed by atoms with Crippen LogP contribution in [0.2, 0.25) is 0 Å². The van der Waals surface area contributed by atoms with E-state index in [1.807, 2.05) is 0 Å². The van der Waals surface area contributed by atoms with Gasteiger partial charge in [0, 0.05) is 24.8 Å². The van der Waals surface area contributed by atoms with Gasteiger partial charge in [0.05, 0.1) is 0 Å². The van der Waals surface area contributed by atoms with E-state index in [0.717, 1.165) is 18.2 Å². The molecule has 0 atom stereocenters. The Morgan fingerprint density at radius 2 is 2.18 bits per heavy atom. The van der Waals surface area contributed by atoms with Gasteiger partial charge < -0.3 is 11.1 Å². The van der Waals surface area contributed by atoms with Crippen LogP contribution in [-0.2, 0) is 4.79 Å². The van der Waals surface area contributed by atoms with Gasteiger partial charge in [-0.1, -0.05) is 15.9 Å². The lowest BCUT2D eigenvalue weighted by Crippen LogP contribution is -2.28. The number of rotatable bonds is 6. The van der Waals surface area contributed by atoms with Gasteiger partial charge >= 0.3 is 0 Å². The van der Waals surface area contributed by atoms with Crippen molar-refractivity contribution >= 4 is 21.8 Å². The summed E-state index contributed by atoms with van der Waals surface area (Å²) in [6.45, 7) is 1.11. The Morgan fingerprint density at radius 3 is 2.73 bits per heavy atom. The van der Waals surface area contributed by atoms with Crippen LogP contribution in [0.15, 0.2) is 0 Å². The van der Waals surface area contributed by atoms with Crippen LogP contribution in [-0.4, -0.2) is 24.3 Å². The molecule has 4 heteroatoms. The van der Waals surface area contributed by atoms with E-state index in [0.29, 0.717) is 19.5 Å². The summed E-state index contributed by atoms with van der Waals surface area (Å²) in [5, 5.41) is 3.68. The topological polar surface area (TPSA) is 55.1 Å². The molecule has 0 unspecified atom stereocenters. The van der Waals surface area contributed by atoms with E-state index < -0.39 is 0 Å². The lowest BCUT2D eigenvalue weighted by molar-refractivity contribution is -0.121. The van der Waals surface area contributed by atoms with Gasteiger partial charge in [-0.25, -0.2) is 0 Å². The monoisotopic (exact) mass is 222 g/mol. The quantitative estimate of drug-likeness (QED) is 0.512. The lowest BCUT2D eigenvalue weighted by atomic mass is 10.2. The number of amides is 1. The van der Waals surface area contributed by atoms with E-state index in [-0.39, 0.29) is 5.91 Å². The van der Waals surface area contributed by atoms with E-state index in [4.69, 9.17) is 5.73 Å². The zero-order valence-electron chi connectivity index (χ0n) is 6.61. The van der Waals surface area contributed by atoms with Crippen LogP contribution >= 0.6 is 15.9 Å². The molecule has 0 aromatic carbocycles. The van der Waals surface area contributed by atoms with Crippen molar-refractivity contribution in [2.45, 2.75) is 19.3 Å². The molecule has 3 N–H and O–H groups in total. The molecule has 0 aliphatic heterocycles. The van der Waals surface area contributed by atoms with Crippen LogP contribution in [0, 0.1) is 0 Å². The highest BCUT2D eigenvalue weighted by Crippen LogP contribution is 1.97. The first-order chi connectivity index (χ1) is 5.31. The van der Waals surface area contributed by atoms with Crippen molar-refractivity contribution in [3.63, 3.8) is 0 Å². The normalized spacial score (nSPS) is 9.64. The molecule has 0 bridgehead atoms. The Hall–Kier alpha value is -0.0900. The maximum Gasteiger partial charge on any atom is 0.220 e. The lowest BCUT2D eigenvalue weighted by Gasteiger charge is -2.01. The Kier molecular flexibility index (Phi) is 7.95. The van der Waals surface area contributed by atoms with Crippen LogP contribution in [0.1, 0.15) is 19.3 Å². The highest BCUT2D eigenvalue weighted by molar-refractivity contribution is 9.09. The third kappa shape index (κ3) is 7.81. The second-order valence-corrected chi connectivity index (χ2v) is 3.08. The van der Waals surface area contributed by atoms with Crippen molar-refractivity contribution in [3.8, 4) is 0 Å². The minimum atomic E-state index is 0.108. The summed E-state index contributed by atoms with van der Waals surface area (Å²) in [4.78, 5) is 10.9. The molecule has 0 aliphatic rings. The first kappa shape index (κ1) is 10.9. The molecule has 3 nitrogen and oxygen atoms in total. The number of alkyl halides is 1. The van der Waals surface area contributed by atoms with Gasteiger partial charge in [0.25, 0.3) is 0 Å². The van der Waals surface area contributed by atoms with Crippen LogP contribution in [0.5, 0.6) is 0 Å². The number of carbonyl (C=O) groups is 1. The van der Waals surface area contributed by atoms with Crippen LogP contribution in [0.3, 0.4) is 0 Å². The molecule has 0 saturated heterocycles. The SMILES string of the molecule is NCCNC(=O)CCCCBr. The molecule has 0 aromatic rings. The summed E-state index contributed by atoms with van der Waals surface area (Å²) < 4.78 is 0. The van der Waals surface area contributed by atoms with Gasteiger partial charge in [0.15, 0.2) is 0 Å². The second-order valence-electron chi connectivity index (χ2n) is 2.28. The highest BCUT2D eigenvalue weighted by Gasteiger charge is 1.97. The number of hydrogen-bond donors (Lipinski definition) is 2. The summed E-state index contributed by atoms with van der Waals surface area (Å²) in [5.74, 6) is 0.108. The number of nitrogens with one attached hydrogen (secondary N) is 1. The van der Waals surface area contributed by atoms with Crippen molar-refractivity contribution in [1.82, 2.24) is 5.32 Å². The summed E-state index contributed by atoms with van der Waals surface area (Å²) in [5.41, 5.74) is 5.21. The van der Waals surface area contributed by atoms with E-state index in [2.05, 4.69) is 21.2 Å². The van der Waals surface area contributed by atoms with Crippen molar-refractivity contribution in [2.24, 2.45) is 5.73 Å². The minimum Gasteiger partial charge on any atom is -0.355 e. The average Bonchev–Trinajstić information content (AvgIpc) is 2.01. The maximum absolute atomic E-state index is 10.9. The number of hydrogen-bond acceptors (Lipinski definition) is 2. The van der Waals surface area contributed by atoms with Gasteiger partial charge in [0.2, 0.25) is 5.91 Å². The fourth-order valence-corrected chi connectivity index (χ4v) is 1.08. The molecular formula is C7H15BrN2O. The third-order valence-electron chi connectivity index (χ3n) is 1.25. The number of nitrogens with two attached hydrogens (primary N) is 1. The number of carbonyl (C=O) groups excluding carboxylic acids is 1. The van der Waals surface area contributed by atoms with Gasteiger partial charge in [-0.3, -0.25) is 4.79 Å². The van der Waals surface area contributed by atoms with Crippen LogP contribution in [0.4, 0.5) is 0 Å². The summed E-state index contributed by atoms with van der Waals surface area (Å²) in [6.07, 6.45) is 2.61. The molecule has 1 amide bonds. The van der Waals surface area contributed by atoms with E-state index in [9.17, 15) is 4.79 Å². The van der Waals surface area contributed by atoms with E-state index >= 15 is 0 Å². The molecule has 0 heterocycles. The van der Waals surface area contributed by atoms with Crippen molar-refractivity contribution < 1.29 is 4.79 Å². The molecule has 11 heavy (non-hydrogen) atoms. The largest absolute Gasteiger partial charge is 0.355 e. The highest BCUT2D eigenvalue weighted by atomic mass is 79.9. The molecule has 0 saturated carbocycles. The number of unbranched alkanes of at least 4 members (excludes halogenated alkanes) is 1. The molecule has 0 fully saturated rings. The smallest absolute Gasteiger partial charge is 0.220 e. The minimum absolute atomic E-state index is 0.108. The summed E-state index contributed by atoms with van der Waals surface area (Å²) in [6, 6.07) is 0. The van der Waals surface area contributed by atoms with Gasteiger partial charge in [-0.05, 0) is 12.8 Å². The van der Waals surface area contributed by atoms with Crippen molar-refractivity contribution in [1.29, 1.82) is 0 Å². The fourth-order valence-electron chi connectivity index (χ4n) is 0.680. The van der Waals surface area contributed by atoms with Gasteiger partial charge in [-0.2, -0.15) is 0 Å². The number of halogens is 1. The predicted molar refractivity (Wildman–Crippen MR) is 49.7 cm³/mol. The molecule has 0 rings (SSSR count). The van der Waals surface area contributed by atoms with E-state index in [1.165, 1.54) is 0 Å². The van der Waals surface area contributed by atoms with Crippen LogP contribution in [0.25, 0.3) is 0 Å². The summed E-state index contributed by atoms with van der Waals surface area (Å²) in [7, 11) is 0. The molecule has 0 radical (unpaired) electrons. The van der Waals surface area contributed by atoms with Crippen LogP contribution < -0.4 is 11.1 Å². The first-order valence-electron chi connectivity index (χ1n) is 3.84.